The van der Waals surface area contributed by atoms with E-state index in [1.165, 1.54) is 25.3 Å². The van der Waals surface area contributed by atoms with Crippen molar-refractivity contribution in [2.75, 3.05) is 13.7 Å². The molecule has 7 nitrogen and oxygen atoms in total. The van der Waals surface area contributed by atoms with Crippen LogP contribution in [0.25, 0.3) is 6.08 Å². The Kier molecular flexibility index (Phi) is 7.36. The van der Waals surface area contributed by atoms with Crippen LogP contribution in [0.15, 0.2) is 46.9 Å². The predicted octanol–water partition coefficient (Wildman–Crippen LogP) is 4.52. The summed E-state index contributed by atoms with van der Waals surface area (Å²) in [5, 5.41) is 10.7. The minimum atomic E-state index is -0.452. The zero-order valence-electron chi connectivity index (χ0n) is 14.8. The number of nitro benzene ring substituents is 1. The smallest absolute Gasteiger partial charge is 0.330 e. The lowest BCUT2D eigenvalue weighted by Gasteiger charge is -2.13. The lowest BCUT2D eigenvalue weighted by molar-refractivity contribution is -0.384. The molecule has 2 aromatic rings. The maximum Gasteiger partial charge on any atom is 0.330 e. The standard InChI is InChI=1S/C19H18BrNO6/c1-3-26-18(22)9-6-14-10-16(20)19(17(11-14)25-2)27-12-13-4-7-15(8-5-13)21(23)24/h4-11H,3,12H2,1-2H3/b9-6+. The third-order valence-corrected chi connectivity index (χ3v) is 4.07. The van der Waals surface area contributed by atoms with E-state index in [9.17, 15) is 14.9 Å². The number of benzene rings is 2. The SMILES string of the molecule is CCOC(=O)/C=C/c1cc(Br)c(OCc2ccc([N+](=O)[O-])cc2)c(OC)c1. The highest BCUT2D eigenvalue weighted by Gasteiger charge is 2.12. The fourth-order valence-corrected chi connectivity index (χ4v) is 2.77. The van der Waals surface area contributed by atoms with Gasteiger partial charge < -0.3 is 14.2 Å². The molecule has 0 aliphatic rings. The Morgan fingerprint density at radius 1 is 1.26 bits per heavy atom. The Hall–Kier alpha value is -2.87. The van der Waals surface area contributed by atoms with Crippen LogP contribution in [-0.2, 0) is 16.1 Å². The second-order valence-corrected chi connectivity index (χ2v) is 6.19. The summed E-state index contributed by atoms with van der Waals surface area (Å²) in [6, 6.07) is 9.63. The minimum absolute atomic E-state index is 0.0234. The van der Waals surface area contributed by atoms with Crippen molar-refractivity contribution in [1.29, 1.82) is 0 Å². The van der Waals surface area contributed by atoms with Crippen molar-refractivity contribution in [2.24, 2.45) is 0 Å². The molecule has 0 fully saturated rings. The van der Waals surface area contributed by atoms with Crippen molar-refractivity contribution in [3.05, 3.63) is 68.2 Å². The van der Waals surface area contributed by atoms with Crippen LogP contribution in [0.3, 0.4) is 0 Å². The van der Waals surface area contributed by atoms with Crippen molar-refractivity contribution in [2.45, 2.75) is 13.5 Å². The lowest BCUT2D eigenvalue weighted by atomic mass is 10.2. The van der Waals surface area contributed by atoms with Gasteiger partial charge in [0.05, 0.1) is 23.1 Å². The van der Waals surface area contributed by atoms with Crippen molar-refractivity contribution < 1.29 is 23.9 Å². The van der Waals surface area contributed by atoms with E-state index in [2.05, 4.69) is 15.9 Å². The number of ether oxygens (including phenoxy) is 3. The van der Waals surface area contributed by atoms with Crippen LogP contribution in [0, 0.1) is 10.1 Å². The molecule has 8 heteroatoms. The molecule has 0 unspecified atom stereocenters. The molecule has 2 aromatic carbocycles. The number of esters is 1. The number of nitro groups is 1. The molecule has 0 bridgehead atoms. The highest BCUT2D eigenvalue weighted by molar-refractivity contribution is 9.10. The normalized spacial score (nSPS) is 10.6. The Bertz CT molecular complexity index is 848. The number of nitrogens with zero attached hydrogens (tertiary/aromatic N) is 1. The highest BCUT2D eigenvalue weighted by Crippen LogP contribution is 2.37. The number of carbonyl (C=O) groups excluding carboxylic acids is 1. The first kappa shape index (κ1) is 20.4. The van der Waals surface area contributed by atoms with E-state index in [0.29, 0.717) is 22.6 Å². The summed E-state index contributed by atoms with van der Waals surface area (Å²) in [5.41, 5.74) is 1.53. The molecule has 0 atom stereocenters. The first-order valence-corrected chi connectivity index (χ1v) is 8.82. The summed E-state index contributed by atoms with van der Waals surface area (Å²) in [5.74, 6) is 0.546. The zero-order valence-corrected chi connectivity index (χ0v) is 16.4. The summed E-state index contributed by atoms with van der Waals surface area (Å²) in [7, 11) is 1.51. The largest absolute Gasteiger partial charge is 0.493 e. The fraction of sp³-hybridized carbons (Fsp3) is 0.211. The van der Waals surface area contributed by atoms with Crippen LogP contribution in [0.4, 0.5) is 5.69 Å². The van der Waals surface area contributed by atoms with Gasteiger partial charge in [-0.15, -0.1) is 0 Å². The second-order valence-electron chi connectivity index (χ2n) is 5.33. The molecule has 0 aliphatic heterocycles. The van der Waals surface area contributed by atoms with Gasteiger partial charge >= 0.3 is 5.97 Å². The number of methoxy groups -OCH3 is 1. The van der Waals surface area contributed by atoms with Gasteiger partial charge in [-0.05, 0) is 64.3 Å². The average Bonchev–Trinajstić information content (AvgIpc) is 2.65. The first-order chi connectivity index (χ1) is 12.9. The van der Waals surface area contributed by atoms with Crippen LogP contribution in [0.1, 0.15) is 18.1 Å². The molecule has 0 spiro atoms. The minimum Gasteiger partial charge on any atom is -0.493 e. The van der Waals surface area contributed by atoms with Crippen molar-refractivity contribution in [1.82, 2.24) is 0 Å². The number of carbonyl (C=O) groups is 1. The van der Waals surface area contributed by atoms with Gasteiger partial charge in [0.1, 0.15) is 6.61 Å². The number of halogens is 1. The number of rotatable bonds is 8. The molecule has 0 radical (unpaired) electrons. The number of hydrogen-bond acceptors (Lipinski definition) is 6. The Morgan fingerprint density at radius 3 is 2.56 bits per heavy atom. The number of hydrogen-bond donors (Lipinski definition) is 0. The maximum atomic E-state index is 11.4. The molecule has 0 aliphatic carbocycles. The van der Waals surface area contributed by atoms with E-state index in [1.807, 2.05) is 0 Å². The lowest BCUT2D eigenvalue weighted by Crippen LogP contribution is -2.00. The quantitative estimate of drug-likeness (QED) is 0.262. The molecule has 2 rings (SSSR count). The van der Waals surface area contributed by atoms with Crippen LogP contribution < -0.4 is 9.47 Å². The van der Waals surface area contributed by atoms with Gasteiger partial charge in [0, 0.05) is 18.2 Å². The van der Waals surface area contributed by atoms with Gasteiger partial charge in [0.25, 0.3) is 5.69 Å². The van der Waals surface area contributed by atoms with E-state index in [-0.39, 0.29) is 12.3 Å². The summed E-state index contributed by atoms with van der Waals surface area (Å²) < 4.78 is 16.7. The molecular weight excluding hydrogens is 418 g/mol. The third-order valence-electron chi connectivity index (χ3n) is 3.48. The summed E-state index contributed by atoms with van der Waals surface area (Å²) in [4.78, 5) is 21.7. The van der Waals surface area contributed by atoms with Gasteiger partial charge in [0.2, 0.25) is 0 Å². The van der Waals surface area contributed by atoms with Gasteiger partial charge in [-0.2, -0.15) is 0 Å². The van der Waals surface area contributed by atoms with Crippen LogP contribution in [0.5, 0.6) is 11.5 Å². The van der Waals surface area contributed by atoms with Crippen LogP contribution in [-0.4, -0.2) is 24.6 Å². The molecule has 0 saturated carbocycles. The molecular formula is C19H18BrNO6. The van der Waals surface area contributed by atoms with E-state index >= 15 is 0 Å². The van der Waals surface area contributed by atoms with Crippen molar-refractivity contribution >= 4 is 33.7 Å². The van der Waals surface area contributed by atoms with E-state index in [0.717, 1.165) is 11.1 Å². The Labute approximate surface area is 164 Å². The molecule has 0 saturated heterocycles. The monoisotopic (exact) mass is 435 g/mol. The molecule has 142 valence electrons. The Morgan fingerprint density at radius 2 is 1.96 bits per heavy atom. The first-order valence-electron chi connectivity index (χ1n) is 8.03. The molecule has 0 heterocycles. The van der Waals surface area contributed by atoms with Crippen LogP contribution >= 0.6 is 15.9 Å². The van der Waals surface area contributed by atoms with Gasteiger partial charge in [-0.3, -0.25) is 10.1 Å². The zero-order chi connectivity index (χ0) is 19.8. The summed E-state index contributed by atoms with van der Waals surface area (Å²) >= 11 is 3.44. The predicted molar refractivity (Wildman–Crippen MR) is 104 cm³/mol. The topological polar surface area (TPSA) is 87.9 Å². The van der Waals surface area contributed by atoms with E-state index in [4.69, 9.17) is 14.2 Å². The molecule has 0 N–H and O–H groups in total. The van der Waals surface area contributed by atoms with Crippen LogP contribution in [0.2, 0.25) is 0 Å². The van der Waals surface area contributed by atoms with E-state index in [1.54, 1.807) is 37.3 Å². The van der Waals surface area contributed by atoms with Gasteiger partial charge in [-0.1, -0.05) is 0 Å². The fourth-order valence-electron chi connectivity index (χ4n) is 2.20. The summed E-state index contributed by atoms with van der Waals surface area (Å²) in [6.07, 6.45) is 2.95. The van der Waals surface area contributed by atoms with Gasteiger partial charge in [-0.25, -0.2) is 4.79 Å². The van der Waals surface area contributed by atoms with Crippen molar-refractivity contribution in [3.8, 4) is 11.5 Å². The molecule has 0 aromatic heterocycles. The number of non-ortho nitro benzene ring substituents is 1. The second kappa shape index (κ2) is 9.72. The van der Waals surface area contributed by atoms with Gasteiger partial charge in [0.15, 0.2) is 11.5 Å². The highest BCUT2D eigenvalue weighted by atomic mass is 79.9. The molecule has 27 heavy (non-hydrogen) atoms. The average molecular weight is 436 g/mol. The van der Waals surface area contributed by atoms with Crippen molar-refractivity contribution in [3.63, 3.8) is 0 Å². The summed E-state index contributed by atoms with van der Waals surface area (Å²) in [6.45, 7) is 2.26. The maximum absolute atomic E-state index is 11.4. The Balaban J connectivity index is 2.14. The van der Waals surface area contributed by atoms with E-state index < -0.39 is 10.9 Å². The molecule has 0 amide bonds. The third kappa shape index (κ3) is 5.82.